The number of nitrogens with zero attached hydrogens (tertiary/aromatic N) is 1. The van der Waals surface area contributed by atoms with Gasteiger partial charge >= 0.3 is 7.12 Å². The lowest BCUT2D eigenvalue weighted by Gasteiger charge is -2.03. The Morgan fingerprint density at radius 2 is 2.00 bits per heavy atom. The van der Waals surface area contributed by atoms with E-state index in [0.717, 1.165) is 11.7 Å². The van der Waals surface area contributed by atoms with Crippen molar-refractivity contribution >= 4 is 22.4 Å². The quantitative estimate of drug-likeness (QED) is 0.620. The first kappa shape index (κ1) is 10.6. The molecule has 0 saturated carbocycles. The lowest BCUT2D eigenvalue weighted by molar-refractivity contribution is 0.365. The van der Waals surface area contributed by atoms with Gasteiger partial charge in [-0.05, 0) is 6.07 Å². The average Bonchev–Trinajstić information content (AvgIpc) is 2.69. The molecule has 1 saturated heterocycles. The van der Waals surface area contributed by atoms with E-state index in [1.807, 2.05) is 0 Å². The number of aromatic nitrogens is 1. The second-order valence-corrected chi connectivity index (χ2v) is 5.24. The molecule has 0 radical (unpaired) electrons. The number of hydrogen-bond acceptors (Lipinski definition) is 5. The number of sulfone groups is 1. The van der Waals surface area contributed by atoms with Crippen LogP contribution in [0.15, 0.2) is 23.4 Å². The monoisotopic (exact) mass is 227 g/mol. The first-order valence-corrected chi connectivity index (χ1v) is 6.36. The fourth-order valence-corrected chi connectivity index (χ4v) is 1.86. The van der Waals surface area contributed by atoms with Crippen molar-refractivity contribution in [2.45, 2.75) is 5.03 Å². The normalized spacial score (nSPS) is 17.0. The molecule has 2 rings (SSSR count). The van der Waals surface area contributed by atoms with Crippen molar-refractivity contribution < 1.29 is 17.7 Å². The fraction of sp³-hybridized carbons (Fsp3) is 0.375. The molecular formula is C8H10BNO4S. The third-order valence-electron chi connectivity index (χ3n) is 2.03. The molecule has 80 valence electrons. The van der Waals surface area contributed by atoms with Crippen LogP contribution in [0.3, 0.4) is 0 Å². The maximum atomic E-state index is 11.1. The maximum absolute atomic E-state index is 11.1. The molecule has 5 nitrogen and oxygen atoms in total. The smallest absolute Gasteiger partial charge is 0.405 e. The zero-order valence-corrected chi connectivity index (χ0v) is 9.03. The van der Waals surface area contributed by atoms with Crippen LogP contribution in [0.5, 0.6) is 0 Å². The molecular weight excluding hydrogens is 217 g/mol. The lowest BCUT2D eigenvalue weighted by atomic mass is 9.81. The molecule has 1 aromatic rings. The van der Waals surface area contributed by atoms with E-state index >= 15 is 0 Å². The van der Waals surface area contributed by atoms with Crippen LogP contribution in [-0.4, -0.2) is 40.0 Å². The zero-order valence-electron chi connectivity index (χ0n) is 8.21. The molecule has 2 heterocycles. The predicted octanol–water partition coefficient (Wildman–Crippen LogP) is -0.773. The van der Waals surface area contributed by atoms with Crippen LogP contribution in [0.4, 0.5) is 0 Å². The molecule has 1 aliphatic heterocycles. The SMILES string of the molecule is CS(=O)(=O)c1ccc(B2OCCO2)cn1. The highest BCUT2D eigenvalue weighted by molar-refractivity contribution is 7.90. The van der Waals surface area contributed by atoms with E-state index in [9.17, 15) is 8.42 Å². The van der Waals surface area contributed by atoms with Crippen LogP contribution in [0.25, 0.3) is 0 Å². The van der Waals surface area contributed by atoms with Crippen LogP contribution in [0.2, 0.25) is 0 Å². The highest BCUT2D eigenvalue weighted by atomic mass is 32.2. The minimum atomic E-state index is -3.24. The molecule has 0 aromatic carbocycles. The van der Waals surface area contributed by atoms with Gasteiger partial charge in [0, 0.05) is 17.9 Å². The summed E-state index contributed by atoms with van der Waals surface area (Å²) < 4.78 is 32.8. The minimum absolute atomic E-state index is 0.0595. The van der Waals surface area contributed by atoms with Crippen LogP contribution in [0, 0.1) is 0 Å². The maximum Gasteiger partial charge on any atom is 0.495 e. The molecule has 1 aliphatic rings. The molecule has 0 spiro atoms. The summed E-state index contributed by atoms with van der Waals surface area (Å²) in [5.41, 5.74) is 0.736. The molecule has 0 unspecified atom stereocenters. The van der Waals surface area contributed by atoms with Crippen molar-refractivity contribution in [3.05, 3.63) is 18.3 Å². The van der Waals surface area contributed by atoms with Gasteiger partial charge in [0.25, 0.3) is 0 Å². The van der Waals surface area contributed by atoms with Gasteiger partial charge in [-0.15, -0.1) is 0 Å². The summed E-state index contributed by atoms with van der Waals surface area (Å²) in [6.45, 7) is 1.11. The summed E-state index contributed by atoms with van der Waals surface area (Å²) in [7, 11) is -3.65. The van der Waals surface area contributed by atoms with Crippen molar-refractivity contribution in [1.29, 1.82) is 0 Å². The van der Waals surface area contributed by atoms with Gasteiger partial charge in [0.15, 0.2) is 14.9 Å². The van der Waals surface area contributed by atoms with Gasteiger partial charge in [0.05, 0.1) is 13.2 Å². The second kappa shape index (κ2) is 3.92. The van der Waals surface area contributed by atoms with Crippen molar-refractivity contribution in [2.75, 3.05) is 19.5 Å². The Kier molecular flexibility index (Phi) is 2.77. The molecule has 1 fully saturated rings. The van der Waals surface area contributed by atoms with E-state index in [0.29, 0.717) is 13.2 Å². The molecule has 0 atom stereocenters. The highest BCUT2D eigenvalue weighted by Crippen LogP contribution is 2.04. The highest BCUT2D eigenvalue weighted by Gasteiger charge is 2.26. The molecule has 15 heavy (non-hydrogen) atoms. The summed E-state index contributed by atoms with van der Waals surface area (Å²) in [6, 6.07) is 3.11. The van der Waals surface area contributed by atoms with Crippen LogP contribution in [0.1, 0.15) is 0 Å². The Labute approximate surface area is 88.5 Å². The Bertz CT molecular complexity index is 438. The Morgan fingerprint density at radius 1 is 1.33 bits per heavy atom. The van der Waals surface area contributed by atoms with Crippen molar-refractivity contribution in [3.63, 3.8) is 0 Å². The first-order chi connectivity index (χ1) is 7.07. The van der Waals surface area contributed by atoms with Gasteiger partial charge in [-0.2, -0.15) is 0 Å². The van der Waals surface area contributed by atoms with Crippen molar-refractivity contribution in [3.8, 4) is 0 Å². The van der Waals surface area contributed by atoms with Gasteiger partial charge in [0.1, 0.15) is 0 Å². The molecule has 0 N–H and O–H groups in total. The lowest BCUT2D eigenvalue weighted by Crippen LogP contribution is -2.32. The third-order valence-corrected chi connectivity index (χ3v) is 3.03. The van der Waals surface area contributed by atoms with E-state index in [4.69, 9.17) is 9.31 Å². The molecule has 0 amide bonds. The van der Waals surface area contributed by atoms with Gasteiger partial charge in [-0.25, -0.2) is 13.4 Å². The topological polar surface area (TPSA) is 65.5 Å². The van der Waals surface area contributed by atoms with E-state index in [1.54, 1.807) is 6.07 Å². The van der Waals surface area contributed by atoms with Gasteiger partial charge in [-0.1, -0.05) is 6.07 Å². The van der Waals surface area contributed by atoms with Crippen LogP contribution in [-0.2, 0) is 19.1 Å². The fourth-order valence-electron chi connectivity index (χ4n) is 1.30. The second-order valence-electron chi connectivity index (χ2n) is 3.28. The van der Waals surface area contributed by atoms with Gasteiger partial charge < -0.3 is 9.31 Å². The summed E-state index contributed by atoms with van der Waals surface area (Å²) in [5.74, 6) is 0. The molecule has 0 aliphatic carbocycles. The average molecular weight is 227 g/mol. The summed E-state index contributed by atoms with van der Waals surface area (Å²) >= 11 is 0. The van der Waals surface area contributed by atoms with E-state index < -0.39 is 17.0 Å². The minimum Gasteiger partial charge on any atom is -0.405 e. The van der Waals surface area contributed by atoms with Gasteiger partial charge in [-0.3, -0.25) is 0 Å². The number of hydrogen-bond donors (Lipinski definition) is 0. The number of rotatable bonds is 2. The van der Waals surface area contributed by atoms with E-state index in [2.05, 4.69) is 4.98 Å². The van der Waals surface area contributed by atoms with E-state index in [1.165, 1.54) is 12.3 Å². The molecule has 1 aromatic heterocycles. The standard InChI is InChI=1S/C8H10BNO4S/c1-15(11,12)8-3-2-7(6-10-8)9-13-4-5-14-9/h2-3,6H,4-5H2,1H3. The predicted molar refractivity (Wildman–Crippen MR) is 54.6 cm³/mol. The molecule has 0 bridgehead atoms. The Hall–Kier alpha value is -0.915. The summed E-state index contributed by atoms with van der Waals surface area (Å²) in [6.07, 6.45) is 2.59. The molecule has 7 heteroatoms. The largest absolute Gasteiger partial charge is 0.495 e. The first-order valence-electron chi connectivity index (χ1n) is 4.46. The summed E-state index contributed by atoms with van der Waals surface area (Å²) in [4.78, 5) is 3.85. The Balaban J connectivity index is 2.24. The van der Waals surface area contributed by atoms with E-state index in [-0.39, 0.29) is 5.03 Å². The number of pyridine rings is 1. The zero-order chi connectivity index (χ0) is 10.9. The van der Waals surface area contributed by atoms with Crippen LogP contribution >= 0.6 is 0 Å². The Morgan fingerprint density at radius 3 is 2.47 bits per heavy atom. The van der Waals surface area contributed by atoms with Crippen LogP contribution < -0.4 is 5.46 Å². The van der Waals surface area contributed by atoms with Crippen molar-refractivity contribution in [1.82, 2.24) is 4.98 Å². The summed E-state index contributed by atoms with van der Waals surface area (Å²) in [5, 5.41) is 0.0595. The van der Waals surface area contributed by atoms with Gasteiger partial charge in [0.2, 0.25) is 0 Å². The van der Waals surface area contributed by atoms with Crippen molar-refractivity contribution in [2.24, 2.45) is 0 Å². The third kappa shape index (κ3) is 2.36.